The number of esters is 4. The first-order valence-corrected chi connectivity index (χ1v) is 19.8. The number of hydrogen-bond acceptors (Lipinski definition) is 18. The first-order valence-electron chi connectivity index (χ1n) is 14.2. The molecule has 44 heavy (non-hydrogen) atoms. The molecule has 5 unspecified atom stereocenters. The van der Waals surface area contributed by atoms with Crippen LogP contribution >= 0.6 is 47.0 Å². The quantitative estimate of drug-likeness (QED) is 0.125. The van der Waals surface area contributed by atoms with Crippen LogP contribution in [0.5, 0.6) is 0 Å². The molecule has 5 atom stereocenters. The summed E-state index contributed by atoms with van der Waals surface area (Å²) in [6.45, 7) is 1.87. The molecular weight excluding hydrogens is 653 g/mol. The maximum Gasteiger partial charge on any atom is 0.463 e. The van der Waals surface area contributed by atoms with Crippen molar-refractivity contribution in [3.05, 3.63) is 0 Å². The van der Waals surface area contributed by atoms with Crippen molar-refractivity contribution in [2.24, 2.45) is 22.9 Å². The minimum absolute atomic E-state index is 0.0152. The number of cyclic esters (lactones) is 1. The lowest BCUT2D eigenvalue weighted by atomic mass is 10.00. The molecule has 2 saturated heterocycles. The maximum absolute atomic E-state index is 14.1. The molecule has 254 valence electrons. The molecule has 10 N–H and O–H groups in total. The molecule has 0 saturated carbocycles. The summed E-state index contributed by atoms with van der Waals surface area (Å²) in [6.07, 6.45) is 6.50. The van der Waals surface area contributed by atoms with Crippen molar-refractivity contribution < 1.29 is 38.1 Å². The Labute approximate surface area is 276 Å². The van der Waals surface area contributed by atoms with Gasteiger partial charge in [-0.25, -0.2) is 19.2 Å². The molecule has 18 heteroatoms. The highest BCUT2D eigenvalue weighted by Crippen LogP contribution is 2.36. The van der Waals surface area contributed by atoms with Gasteiger partial charge in [0.25, 0.3) is 0 Å². The Bertz CT molecular complexity index is 999. The molecule has 0 radical (unpaired) electrons. The van der Waals surface area contributed by atoms with Gasteiger partial charge >= 0.3 is 29.9 Å². The molecule has 0 amide bonds. The predicted molar refractivity (Wildman–Crippen MR) is 176 cm³/mol. The zero-order valence-electron chi connectivity index (χ0n) is 26.1. The molecule has 2 fully saturated rings. The van der Waals surface area contributed by atoms with E-state index in [-0.39, 0.29) is 32.1 Å². The van der Waals surface area contributed by atoms with Crippen LogP contribution in [0.2, 0.25) is 0 Å². The number of nitrogens with one attached hydrogen (secondary N) is 2. The zero-order chi connectivity index (χ0) is 33.2. The van der Waals surface area contributed by atoms with Gasteiger partial charge in [0.05, 0.1) is 0 Å². The number of ether oxygens (including phenoxy) is 4. The summed E-state index contributed by atoms with van der Waals surface area (Å²) in [5.74, 6) is -5.86. The molecule has 2 aliphatic rings. The highest BCUT2D eigenvalue weighted by molar-refractivity contribution is 7.99. The highest BCUT2D eigenvalue weighted by atomic mass is 32.2. The molecule has 1 spiro atoms. The van der Waals surface area contributed by atoms with Gasteiger partial charge in [-0.2, -0.15) is 47.0 Å². The standard InChI is InChI=1S/C26H48N6O8S4/c1-6-7-8-17-26(38-19(34)23(28,10-14-42-3)31-22(27,9-13-41-2)18(33)37-17)39-20(35)24(29,11-15-43-4)32-25(30,12-16-44-5)21(36)40-26/h17,31-32H,6-16,27-30H2,1-5H3. The van der Waals surface area contributed by atoms with Gasteiger partial charge in [-0.3, -0.25) is 10.6 Å². The summed E-state index contributed by atoms with van der Waals surface area (Å²) in [5, 5.41) is 5.55. The van der Waals surface area contributed by atoms with Crippen LogP contribution in [0, 0.1) is 0 Å². The van der Waals surface area contributed by atoms with Crippen molar-refractivity contribution in [1.29, 1.82) is 0 Å². The second kappa shape index (κ2) is 16.7. The van der Waals surface area contributed by atoms with Crippen LogP contribution in [0.25, 0.3) is 0 Å². The van der Waals surface area contributed by atoms with Crippen molar-refractivity contribution in [3.63, 3.8) is 0 Å². The van der Waals surface area contributed by atoms with E-state index in [4.69, 9.17) is 41.9 Å². The van der Waals surface area contributed by atoms with Gasteiger partial charge < -0.3 is 41.9 Å². The Morgan fingerprint density at radius 3 is 1.23 bits per heavy atom. The minimum atomic E-state index is -2.91. The fourth-order valence-electron chi connectivity index (χ4n) is 4.56. The smallest absolute Gasteiger partial charge is 0.447 e. The monoisotopic (exact) mass is 700 g/mol. The fourth-order valence-corrected chi connectivity index (χ4v) is 6.67. The van der Waals surface area contributed by atoms with Crippen molar-refractivity contribution in [1.82, 2.24) is 10.6 Å². The van der Waals surface area contributed by atoms with E-state index in [9.17, 15) is 19.2 Å². The normalized spacial score (nSPS) is 35.0. The summed E-state index contributed by atoms with van der Waals surface area (Å²) in [5.41, 5.74) is 18.3. The van der Waals surface area contributed by atoms with E-state index in [0.717, 1.165) is 0 Å². The molecule has 2 aliphatic heterocycles. The lowest BCUT2D eigenvalue weighted by molar-refractivity contribution is -0.372. The first kappa shape index (κ1) is 39.2. The second-order valence-corrected chi connectivity index (χ2v) is 14.9. The Balaban J connectivity index is 2.84. The van der Waals surface area contributed by atoms with Crippen LogP contribution < -0.4 is 33.6 Å². The van der Waals surface area contributed by atoms with Crippen LogP contribution in [0.1, 0.15) is 51.9 Å². The number of hydrogen-bond donors (Lipinski definition) is 6. The van der Waals surface area contributed by atoms with E-state index < -0.39 is 58.6 Å². The Kier molecular flexibility index (Phi) is 14.9. The Hall–Kier alpha value is -0.960. The van der Waals surface area contributed by atoms with Crippen LogP contribution in [-0.4, -0.2) is 107 Å². The lowest BCUT2D eigenvalue weighted by Gasteiger charge is -2.45. The number of thioether (sulfide) groups is 4. The SMILES string of the molecule is CCCCC1OC(=O)C(N)(CCSC)NC(N)(CCSC)C(=O)OC12OC(=O)C(N)(CCSC)NC(N)(CCSC)C(=O)O2. The summed E-state index contributed by atoms with van der Waals surface area (Å²) < 4.78 is 23.3. The van der Waals surface area contributed by atoms with Gasteiger partial charge in [0, 0.05) is 0 Å². The molecule has 0 aromatic rings. The summed E-state index contributed by atoms with van der Waals surface area (Å²) >= 11 is 5.61. The van der Waals surface area contributed by atoms with Crippen molar-refractivity contribution in [2.75, 3.05) is 48.0 Å². The molecule has 2 heterocycles. The third-order valence-corrected chi connectivity index (χ3v) is 9.77. The van der Waals surface area contributed by atoms with Crippen LogP contribution in [0.15, 0.2) is 0 Å². The molecule has 0 aromatic heterocycles. The molecule has 14 nitrogen and oxygen atoms in total. The topological polar surface area (TPSA) is 233 Å². The van der Waals surface area contributed by atoms with Crippen LogP contribution in [-0.2, 0) is 38.1 Å². The van der Waals surface area contributed by atoms with Crippen molar-refractivity contribution >= 4 is 70.9 Å². The fraction of sp³-hybridized carbons (Fsp3) is 0.846. The van der Waals surface area contributed by atoms with Crippen molar-refractivity contribution in [3.8, 4) is 0 Å². The Morgan fingerprint density at radius 1 is 0.614 bits per heavy atom. The zero-order valence-corrected chi connectivity index (χ0v) is 29.3. The average molecular weight is 701 g/mol. The third kappa shape index (κ3) is 9.32. The number of carbonyl (C=O) groups excluding carboxylic acids is 4. The molecule has 0 aromatic carbocycles. The summed E-state index contributed by atoms with van der Waals surface area (Å²) in [4.78, 5) is 55.8. The van der Waals surface area contributed by atoms with Gasteiger partial charge in [0.1, 0.15) is 0 Å². The minimum Gasteiger partial charge on any atom is -0.447 e. The first-order chi connectivity index (χ1) is 20.6. The molecular formula is C26H48N6O8S4. The van der Waals surface area contributed by atoms with Gasteiger partial charge in [-0.15, -0.1) is 0 Å². The van der Waals surface area contributed by atoms with Crippen LogP contribution in [0.4, 0.5) is 0 Å². The molecule has 0 aliphatic carbocycles. The van der Waals surface area contributed by atoms with E-state index in [1.807, 2.05) is 25.7 Å². The molecule has 0 bridgehead atoms. The largest absolute Gasteiger partial charge is 0.463 e. The maximum atomic E-state index is 14.1. The average Bonchev–Trinajstić information content (AvgIpc) is 2.99. The molecule has 2 rings (SSSR count). The van der Waals surface area contributed by atoms with E-state index in [1.165, 1.54) is 47.0 Å². The van der Waals surface area contributed by atoms with E-state index in [1.54, 1.807) is 6.26 Å². The van der Waals surface area contributed by atoms with E-state index >= 15 is 0 Å². The van der Waals surface area contributed by atoms with Gasteiger partial charge in [0.15, 0.2) is 22.7 Å². The number of nitrogens with two attached hydrogens (primary N) is 4. The Morgan fingerprint density at radius 2 is 0.932 bits per heavy atom. The number of rotatable bonds is 15. The van der Waals surface area contributed by atoms with Gasteiger partial charge in [0.2, 0.25) is 6.10 Å². The lowest BCUT2D eigenvalue weighted by Crippen LogP contribution is -2.78. The predicted octanol–water partition coefficient (Wildman–Crippen LogP) is 0.211. The second-order valence-electron chi connectivity index (χ2n) is 10.9. The van der Waals surface area contributed by atoms with Gasteiger partial charge in [-0.05, 0) is 86.6 Å². The van der Waals surface area contributed by atoms with Crippen molar-refractivity contribution in [2.45, 2.75) is 86.6 Å². The van der Waals surface area contributed by atoms with Crippen LogP contribution in [0.3, 0.4) is 0 Å². The van der Waals surface area contributed by atoms with E-state index in [2.05, 4.69) is 10.6 Å². The number of carbonyl (C=O) groups is 4. The summed E-state index contributed by atoms with van der Waals surface area (Å²) in [6, 6.07) is 0. The van der Waals surface area contributed by atoms with Gasteiger partial charge in [-0.1, -0.05) is 13.3 Å². The number of unbranched alkanes of at least 4 members (excludes halogenated alkanes) is 1. The van der Waals surface area contributed by atoms with E-state index in [0.29, 0.717) is 35.9 Å². The highest BCUT2D eigenvalue weighted by Gasteiger charge is 2.64. The third-order valence-electron chi connectivity index (χ3n) is 7.32. The summed E-state index contributed by atoms with van der Waals surface area (Å²) in [7, 11) is 0.